The maximum Gasteiger partial charge on any atom is 0.217 e. The van der Waals surface area contributed by atoms with E-state index in [2.05, 4.69) is 5.10 Å². The summed E-state index contributed by atoms with van der Waals surface area (Å²) in [6.07, 6.45) is 1.98. The van der Waals surface area contributed by atoms with Gasteiger partial charge in [-0.2, -0.15) is 5.10 Å². The van der Waals surface area contributed by atoms with Gasteiger partial charge in [-0.25, -0.2) is 4.68 Å². The Labute approximate surface area is 121 Å². The van der Waals surface area contributed by atoms with Crippen LogP contribution in [0.3, 0.4) is 0 Å². The molecule has 2 aromatic rings. The molecule has 0 radical (unpaired) electrons. The fourth-order valence-electron chi connectivity index (χ4n) is 1.80. The van der Waals surface area contributed by atoms with E-state index in [9.17, 15) is 0 Å². The number of thioether (sulfide) groups is 1. The number of aromatic nitrogens is 2. The second-order valence-corrected chi connectivity index (χ2v) is 5.34. The van der Waals surface area contributed by atoms with E-state index in [0.29, 0.717) is 16.6 Å². The molecule has 1 aromatic heterocycles. The molecule has 0 aliphatic heterocycles. The lowest BCUT2D eigenvalue weighted by Gasteiger charge is -2.13. The summed E-state index contributed by atoms with van der Waals surface area (Å²) in [5.41, 5.74) is 7.47. The minimum Gasteiger partial charge on any atom is -0.439 e. The van der Waals surface area contributed by atoms with E-state index >= 15 is 0 Å². The predicted molar refractivity (Wildman–Crippen MR) is 82.1 cm³/mol. The number of nitrogens with two attached hydrogens (primary N) is 1. The summed E-state index contributed by atoms with van der Waals surface area (Å²) >= 11 is 6.71. The van der Waals surface area contributed by atoms with E-state index in [4.69, 9.17) is 22.7 Å². The zero-order valence-corrected chi connectivity index (χ0v) is 12.6. The van der Waals surface area contributed by atoms with Crippen molar-refractivity contribution in [1.29, 1.82) is 0 Å². The van der Waals surface area contributed by atoms with Crippen LogP contribution in [0.2, 0.25) is 0 Å². The van der Waals surface area contributed by atoms with Crippen molar-refractivity contribution in [3.63, 3.8) is 0 Å². The lowest BCUT2D eigenvalue weighted by molar-refractivity contribution is 0.429. The molecule has 0 atom stereocenters. The normalized spacial score (nSPS) is 10.5. The molecule has 0 spiro atoms. The Morgan fingerprint density at radius 3 is 2.74 bits per heavy atom. The van der Waals surface area contributed by atoms with Gasteiger partial charge in [0.25, 0.3) is 0 Å². The number of benzene rings is 1. The maximum absolute atomic E-state index is 5.88. The zero-order chi connectivity index (χ0) is 14.0. The van der Waals surface area contributed by atoms with Crippen LogP contribution in [0.1, 0.15) is 11.3 Å². The number of ether oxygens (including phenoxy) is 1. The first kappa shape index (κ1) is 13.9. The second-order valence-electron chi connectivity index (χ2n) is 4.05. The number of thiocarbonyl (C=S) groups is 1. The van der Waals surface area contributed by atoms with Crippen molar-refractivity contribution in [2.75, 3.05) is 6.26 Å². The van der Waals surface area contributed by atoms with Gasteiger partial charge in [-0.3, -0.25) is 0 Å². The molecular formula is C13H15N3OS2. The Hall–Kier alpha value is -1.53. The van der Waals surface area contributed by atoms with Crippen LogP contribution >= 0.6 is 24.0 Å². The molecule has 0 unspecified atom stereocenters. The molecule has 1 aromatic carbocycles. The fourth-order valence-corrected chi connectivity index (χ4v) is 2.71. The topological polar surface area (TPSA) is 53.1 Å². The third kappa shape index (κ3) is 2.90. The highest BCUT2D eigenvalue weighted by molar-refractivity contribution is 7.98. The Kier molecular flexibility index (Phi) is 4.11. The average Bonchev–Trinajstić information content (AvgIpc) is 2.67. The number of hydrogen-bond acceptors (Lipinski definition) is 4. The molecule has 0 saturated heterocycles. The molecule has 2 N–H and O–H groups in total. The van der Waals surface area contributed by atoms with E-state index in [1.165, 1.54) is 0 Å². The summed E-state index contributed by atoms with van der Waals surface area (Å²) in [5.74, 6) is 1.32. The lowest BCUT2D eigenvalue weighted by atomic mass is 10.2. The van der Waals surface area contributed by atoms with Gasteiger partial charge in [0, 0.05) is 18.0 Å². The van der Waals surface area contributed by atoms with Gasteiger partial charge in [-0.1, -0.05) is 18.3 Å². The number of nitrogens with zero attached hydrogens (tertiary/aromatic N) is 2. The third-order valence-electron chi connectivity index (χ3n) is 2.63. The first-order chi connectivity index (χ1) is 9.02. The standard InChI is InChI=1S/C13H15N3OS2/c1-8-7-11(16(2)15-8)17-9-5-4-6-10(19-3)12(9)13(14)18/h4-7H,1-3H3,(H2,14,18). The minimum atomic E-state index is 0.332. The molecule has 19 heavy (non-hydrogen) atoms. The fraction of sp³-hybridized carbons (Fsp3) is 0.231. The van der Waals surface area contributed by atoms with Crippen LogP contribution < -0.4 is 10.5 Å². The molecule has 100 valence electrons. The predicted octanol–water partition coefficient (Wildman–Crippen LogP) is 2.88. The maximum atomic E-state index is 5.88. The Morgan fingerprint density at radius 2 is 2.21 bits per heavy atom. The highest BCUT2D eigenvalue weighted by Crippen LogP contribution is 2.32. The van der Waals surface area contributed by atoms with E-state index in [1.807, 2.05) is 44.5 Å². The zero-order valence-electron chi connectivity index (χ0n) is 11.0. The molecule has 0 fully saturated rings. The van der Waals surface area contributed by atoms with Crippen molar-refractivity contribution in [3.05, 3.63) is 35.5 Å². The number of aryl methyl sites for hydroxylation is 2. The largest absolute Gasteiger partial charge is 0.439 e. The Balaban J connectivity index is 2.45. The van der Waals surface area contributed by atoms with Crippen molar-refractivity contribution >= 4 is 29.0 Å². The summed E-state index contributed by atoms with van der Waals surface area (Å²) in [6.45, 7) is 1.92. The first-order valence-corrected chi connectivity index (χ1v) is 7.31. The van der Waals surface area contributed by atoms with Crippen molar-refractivity contribution in [2.24, 2.45) is 12.8 Å². The molecule has 1 heterocycles. The summed E-state index contributed by atoms with van der Waals surface area (Å²) < 4.78 is 7.57. The van der Waals surface area contributed by atoms with Crippen molar-refractivity contribution in [1.82, 2.24) is 9.78 Å². The van der Waals surface area contributed by atoms with E-state index in [0.717, 1.165) is 16.2 Å². The highest BCUT2D eigenvalue weighted by Gasteiger charge is 2.14. The molecule has 0 aliphatic carbocycles. The first-order valence-electron chi connectivity index (χ1n) is 5.68. The van der Waals surface area contributed by atoms with Gasteiger partial charge in [0.2, 0.25) is 5.88 Å². The van der Waals surface area contributed by atoms with Gasteiger partial charge in [-0.05, 0) is 25.3 Å². The molecule has 0 saturated carbocycles. The van der Waals surface area contributed by atoms with Crippen LogP contribution in [0, 0.1) is 6.92 Å². The summed E-state index contributed by atoms with van der Waals surface area (Å²) in [4.78, 5) is 1.34. The summed E-state index contributed by atoms with van der Waals surface area (Å²) in [7, 11) is 1.83. The van der Waals surface area contributed by atoms with E-state index < -0.39 is 0 Å². The molecular weight excluding hydrogens is 278 g/mol. The van der Waals surface area contributed by atoms with Crippen LogP contribution in [0.4, 0.5) is 0 Å². The smallest absolute Gasteiger partial charge is 0.217 e. The van der Waals surface area contributed by atoms with E-state index in [1.54, 1.807) is 16.4 Å². The molecule has 2 rings (SSSR count). The van der Waals surface area contributed by atoms with Gasteiger partial charge in [0.05, 0.1) is 11.3 Å². The molecule has 0 amide bonds. The molecule has 0 bridgehead atoms. The van der Waals surface area contributed by atoms with Crippen LogP contribution in [-0.4, -0.2) is 21.0 Å². The van der Waals surface area contributed by atoms with Crippen LogP contribution in [0.5, 0.6) is 11.6 Å². The van der Waals surface area contributed by atoms with Gasteiger partial charge in [0.1, 0.15) is 10.7 Å². The van der Waals surface area contributed by atoms with Gasteiger partial charge in [-0.15, -0.1) is 11.8 Å². The van der Waals surface area contributed by atoms with Crippen LogP contribution in [0.25, 0.3) is 0 Å². The van der Waals surface area contributed by atoms with Crippen molar-refractivity contribution in [3.8, 4) is 11.6 Å². The highest BCUT2D eigenvalue weighted by atomic mass is 32.2. The SMILES string of the molecule is CSc1cccc(Oc2cc(C)nn2C)c1C(N)=S. The van der Waals surface area contributed by atoms with Crippen LogP contribution in [-0.2, 0) is 7.05 Å². The molecule has 0 aliphatic rings. The Bertz CT molecular complexity index is 622. The molecule has 6 heteroatoms. The van der Waals surface area contributed by atoms with Crippen molar-refractivity contribution < 1.29 is 4.74 Å². The van der Waals surface area contributed by atoms with Crippen LogP contribution in [0.15, 0.2) is 29.2 Å². The van der Waals surface area contributed by atoms with Gasteiger partial charge < -0.3 is 10.5 Å². The lowest BCUT2D eigenvalue weighted by Crippen LogP contribution is -2.12. The van der Waals surface area contributed by atoms with Crippen molar-refractivity contribution in [2.45, 2.75) is 11.8 Å². The number of hydrogen-bond donors (Lipinski definition) is 1. The molecule has 4 nitrogen and oxygen atoms in total. The number of rotatable bonds is 4. The van der Waals surface area contributed by atoms with E-state index in [-0.39, 0.29) is 0 Å². The minimum absolute atomic E-state index is 0.332. The quantitative estimate of drug-likeness (QED) is 0.694. The second kappa shape index (κ2) is 5.63. The monoisotopic (exact) mass is 293 g/mol. The summed E-state index contributed by atoms with van der Waals surface area (Å²) in [6, 6.07) is 7.62. The van der Waals surface area contributed by atoms with Gasteiger partial charge >= 0.3 is 0 Å². The van der Waals surface area contributed by atoms with Gasteiger partial charge in [0.15, 0.2) is 0 Å². The third-order valence-corrected chi connectivity index (χ3v) is 3.61. The average molecular weight is 293 g/mol. The Morgan fingerprint density at radius 1 is 1.47 bits per heavy atom. The summed E-state index contributed by atoms with van der Waals surface area (Å²) in [5, 5.41) is 4.25.